The first-order chi connectivity index (χ1) is 8.80. The minimum absolute atomic E-state index is 0.0450. The predicted molar refractivity (Wildman–Crippen MR) is 71.7 cm³/mol. The second kappa shape index (κ2) is 6.08. The van der Waals surface area contributed by atoms with Gasteiger partial charge in [-0.25, -0.2) is 9.59 Å². The molecule has 0 spiro atoms. The number of carbonyl (C=O) groups is 2. The fraction of sp³-hybridized carbons (Fsp3) is 0.714. The number of esters is 1. The van der Waals surface area contributed by atoms with Crippen LogP contribution in [0.1, 0.15) is 40.0 Å². The molecule has 1 unspecified atom stereocenters. The van der Waals surface area contributed by atoms with Crippen LogP contribution >= 0.6 is 0 Å². The van der Waals surface area contributed by atoms with Crippen LogP contribution in [0.5, 0.6) is 0 Å². The Labute approximate surface area is 114 Å². The molecule has 1 saturated heterocycles. The van der Waals surface area contributed by atoms with Gasteiger partial charge in [-0.3, -0.25) is 4.90 Å². The molecule has 0 aliphatic carbocycles. The zero-order valence-electron chi connectivity index (χ0n) is 12.1. The first kappa shape index (κ1) is 15.5. The highest BCUT2D eigenvalue weighted by molar-refractivity contribution is 5.82. The van der Waals surface area contributed by atoms with Gasteiger partial charge in [-0.05, 0) is 40.0 Å². The van der Waals surface area contributed by atoms with Crippen molar-refractivity contribution in [2.75, 3.05) is 7.11 Å². The van der Waals surface area contributed by atoms with Crippen LogP contribution in [0.4, 0.5) is 4.79 Å². The molecule has 0 aromatic carbocycles. The first-order valence-corrected chi connectivity index (χ1v) is 6.50. The summed E-state index contributed by atoms with van der Waals surface area (Å²) in [6.07, 6.45) is 3.29. The van der Waals surface area contributed by atoms with E-state index in [2.05, 4.69) is 6.58 Å². The molecule has 5 nitrogen and oxygen atoms in total. The summed E-state index contributed by atoms with van der Waals surface area (Å²) in [5, 5.41) is 0. The summed E-state index contributed by atoms with van der Waals surface area (Å²) in [6, 6.07) is -0.596. The maximum atomic E-state index is 12.2. The van der Waals surface area contributed by atoms with E-state index in [-0.39, 0.29) is 6.04 Å². The molecule has 1 amide bonds. The van der Waals surface area contributed by atoms with Crippen LogP contribution in [0.15, 0.2) is 12.7 Å². The van der Waals surface area contributed by atoms with Gasteiger partial charge in [-0.2, -0.15) is 0 Å². The van der Waals surface area contributed by atoms with E-state index < -0.39 is 23.7 Å². The van der Waals surface area contributed by atoms with Gasteiger partial charge in [0.1, 0.15) is 11.6 Å². The van der Waals surface area contributed by atoms with Crippen LogP contribution in [0.3, 0.4) is 0 Å². The number of hydrogen-bond donors (Lipinski definition) is 0. The number of nitrogens with zero attached hydrogens (tertiary/aromatic N) is 1. The summed E-state index contributed by atoms with van der Waals surface area (Å²) >= 11 is 0. The maximum Gasteiger partial charge on any atom is 0.411 e. The van der Waals surface area contributed by atoms with E-state index in [4.69, 9.17) is 9.47 Å². The van der Waals surface area contributed by atoms with Crippen molar-refractivity contribution in [2.45, 2.75) is 57.7 Å². The van der Waals surface area contributed by atoms with Crippen LogP contribution < -0.4 is 0 Å². The lowest BCUT2D eigenvalue weighted by Gasteiger charge is -2.31. The molecule has 0 radical (unpaired) electrons. The Hall–Kier alpha value is -1.52. The number of hydrogen-bond acceptors (Lipinski definition) is 4. The predicted octanol–water partition coefficient (Wildman–Crippen LogP) is 2.50. The number of rotatable bonds is 3. The van der Waals surface area contributed by atoms with Crippen molar-refractivity contribution in [3.05, 3.63) is 12.7 Å². The Morgan fingerprint density at radius 1 is 1.37 bits per heavy atom. The van der Waals surface area contributed by atoms with E-state index in [0.717, 1.165) is 6.42 Å². The molecule has 0 saturated carbocycles. The van der Waals surface area contributed by atoms with Gasteiger partial charge in [0.05, 0.1) is 7.11 Å². The molecule has 1 fully saturated rings. The second-order valence-corrected chi connectivity index (χ2v) is 5.68. The summed E-state index contributed by atoms with van der Waals surface area (Å²) in [4.78, 5) is 25.5. The minimum atomic E-state index is -0.584. The van der Waals surface area contributed by atoms with Crippen LogP contribution in [0, 0.1) is 0 Å². The van der Waals surface area contributed by atoms with Gasteiger partial charge < -0.3 is 9.47 Å². The average molecular weight is 269 g/mol. The number of ether oxygens (including phenoxy) is 2. The van der Waals surface area contributed by atoms with Crippen LogP contribution in [-0.4, -0.2) is 41.8 Å². The van der Waals surface area contributed by atoms with Crippen molar-refractivity contribution in [3.63, 3.8) is 0 Å². The highest BCUT2D eigenvalue weighted by Crippen LogP contribution is 2.29. The Morgan fingerprint density at radius 3 is 2.47 bits per heavy atom. The quantitative estimate of drug-likeness (QED) is 0.583. The zero-order chi connectivity index (χ0) is 14.6. The van der Waals surface area contributed by atoms with E-state index in [1.54, 1.807) is 26.8 Å². The van der Waals surface area contributed by atoms with Gasteiger partial charge in [0, 0.05) is 6.04 Å². The van der Waals surface area contributed by atoms with E-state index >= 15 is 0 Å². The Bertz CT molecular complexity index is 359. The fourth-order valence-corrected chi connectivity index (χ4v) is 2.27. The molecule has 1 aliphatic heterocycles. The molecular weight excluding hydrogens is 246 g/mol. The maximum absolute atomic E-state index is 12.2. The number of likely N-dealkylation sites (tertiary alicyclic amines) is 1. The molecule has 0 bridgehead atoms. The molecule has 0 aromatic rings. The van der Waals surface area contributed by atoms with Crippen molar-refractivity contribution in [1.82, 2.24) is 4.90 Å². The molecule has 2 atom stereocenters. The highest BCUT2D eigenvalue weighted by Gasteiger charge is 2.42. The van der Waals surface area contributed by atoms with Crippen molar-refractivity contribution < 1.29 is 19.1 Å². The van der Waals surface area contributed by atoms with Crippen LogP contribution in [0.2, 0.25) is 0 Å². The SMILES string of the molecule is C=CCC1CC[C@H](C(=O)OC)N1C(=O)OC(C)(C)C. The molecule has 108 valence electrons. The van der Waals surface area contributed by atoms with Crippen molar-refractivity contribution in [2.24, 2.45) is 0 Å². The lowest BCUT2D eigenvalue weighted by Crippen LogP contribution is -2.47. The van der Waals surface area contributed by atoms with E-state index in [9.17, 15) is 9.59 Å². The van der Waals surface area contributed by atoms with Gasteiger partial charge in [0.15, 0.2) is 0 Å². The van der Waals surface area contributed by atoms with Gasteiger partial charge in [0.2, 0.25) is 0 Å². The van der Waals surface area contributed by atoms with Gasteiger partial charge >= 0.3 is 12.1 Å². The molecule has 1 aliphatic rings. The molecular formula is C14H23NO4. The highest BCUT2D eigenvalue weighted by atomic mass is 16.6. The third kappa shape index (κ3) is 3.98. The summed E-state index contributed by atoms with van der Waals surface area (Å²) < 4.78 is 10.1. The normalized spacial score (nSPS) is 23.1. The number of methoxy groups -OCH3 is 1. The third-order valence-electron chi connectivity index (χ3n) is 3.02. The van der Waals surface area contributed by atoms with E-state index in [0.29, 0.717) is 12.8 Å². The molecule has 19 heavy (non-hydrogen) atoms. The second-order valence-electron chi connectivity index (χ2n) is 5.68. The van der Waals surface area contributed by atoms with E-state index in [1.807, 2.05) is 0 Å². The average Bonchev–Trinajstić information content (AvgIpc) is 2.70. The molecule has 1 rings (SSSR count). The Morgan fingerprint density at radius 2 is 2.00 bits per heavy atom. The van der Waals surface area contributed by atoms with Crippen LogP contribution in [0.25, 0.3) is 0 Å². The van der Waals surface area contributed by atoms with Crippen molar-refractivity contribution >= 4 is 12.1 Å². The topological polar surface area (TPSA) is 55.8 Å². The third-order valence-corrected chi connectivity index (χ3v) is 3.02. The number of amides is 1. The van der Waals surface area contributed by atoms with Gasteiger partial charge in [-0.15, -0.1) is 6.58 Å². The lowest BCUT2D eigenvalue weighted by atomic mass is 10.1. The monoisotopic (exact) mass is 269 g/mol. The molecule has 0 N–H and O–H groups in total. The summed E-state index contributed by atoms with van der Waals surface area (Å²) in [5.41, 5.74) is -0.584. The molecule has 0 aromatic heterocycles. The smallest absolute Gasteiger partial charge is 0.411 e. The molecule has 5 heteroatoms. The lowest BCUT2D eigenvalue weighted by molar-refractivity contribution is -0.146. The molecule has 1 heterocycles. The Balaban J connectivity index is 2.88. The standard InChI is InChI=1S/C14H23NO4/c1-6-7-10-8-9-11(12(16)18-5)15(10)13(17)19-14(2,3)4/h6,10-11H,1,7-9H2,2-5H3/t10?,11-/m1/s1. The van der Waals surface area contributed by atoms with Gasteiger partial charge in [0.25, 0.3) is 0 Å². The van der Waals surface area contributed by atoms with Gasteiger partial charge in [-0.1, -0.05) is 6.08 Å². The first-order valence-electron chi connectivity index (χ1n) is 6.50. The fourth-order valence-electron chi connectivity index (χ4n) is 2.27. The van der Waals surface area contributed by atoms with Crippen LogP contribution in [-0.2, 0) is 14.3 Å². The van der Waals surface area contributed by atoms with Crippen molar-refractivity contribution in [3.8, 4) is 0 Å². The largest absolute Gasteiger partial charge is 0.467 e. The van der Waals surface area contributed by atoms with Crippen molar-refractivity contribution in [1.29, 1.82) is 0 Å². The summed E-state index contributed by atoms with van der Waals surface area (Å²) in [5.74, 6) is -0.391. The Kier molecular flexibility index (Phi) is 4.97. The minimum Gasteiger partial charge on any atom is -0.467 e. The zero-order valence-corrected chi connectivity index (χ0v) is 12.1. The number of carbonyl (C=O) groups excluding carboxylic acids is 2. The summed E-state index contributed by atoms with van der Waals surface area (Å²) in [6.45, 7) is 9.09. The summed E-state index contributed by atoms with van der Waals surface area (Å²) in [7, 11) is 1.33. The van der Waals surface area contributed by atoms with E-state index in [1.165, 1.54) is 12.0 Å².